The van der Waals surface area contributed by atoms with Crippen LogP contribution in [-0.2, 0) is 6.54 Å². The molecule has 28 heavy (non-hydrogen) atoms. The van der Waals surface area contributed by atoms with Crippen LogP contribution in [0, 0.1) is 0 Å². The molecule has 9 heteroatoms. The first-order valence-corrected chi connectivity index (χ1v) is 9.45. The standard InChI is InChI=1S/C19H15N7OS/c20-19-23-17-5-4-12(9-26(17)24-19)13-7-15(28-11-13)18(27)21-8-14-10-25-6-2-1-3-16(25)22-14/h1-7,9-11H,8H2,(H2,20,24)(H,21,27). The third kappa shape index (κ3) is 2.97. The summed E-state index contributed by atoms with van der Waals surface area (Å²) in [5.41, 5.74) is 9.86. The lowest BCUT2D eigenvalue weighted by Crippen LogP contribution is -2.21. The second-order valence-electron chi connectivity index (χ2n) is 6.27. The van der Waals surface area contributed by atoms with E-state index in [1.807, 2.05) is 64.8 Å². The number of hydrogen-bond acceptors (Lipinski definition) is 6. The van der Waals surface area contributed by atoms with Gasteiger partial charge in [0.05, 0.1) is 17.1 Å². The molecule has 0 aliphatic carbocycles. The van der Waals surface area contributed by atoms with E-state index in [1.165, 1.54) is 11.3 Å². The largest absolute Gasteiger partial charge is 0.366 e. The predicted octanol–water partition coefficient (Wildman–Crippen LogP) is 2.62. The van der Waals surface area contributed by atoms with E-state index in [4.69, 9.17) is 5.73 Å². The number of anilines is 1. The Hall–Kier alpha value is -3.72. The average molecular weight is 389 g/mol. The average Bonchev–Trinajstić information content (AvgIpc) is 3.41. The van der Waals surface area contributed by atoms with Gasteiger partial charge in [-0.25, -0.2) is 9.50 Å². The number of amides is 1. The first-order chi connectivity index (χ1) is 13.7. The Morgan fingerprint density at radius 2 is 2.04 bits per heavy atom. The van der Waals surface area contributed by atoms with Gasteiger partial charge in [0.25, 0.3) is 5.91 Å². The Balaban J connectivity index is 1.32. The van der Waals surface area contributed by atoms with Crippen molar-refractivity contribution in [2.24, 2.45) is 0 Å². The van der Waals surface area contributed by atoms with Crippen LogP contribution in [0.15, 0.2) is 60.4 Å². The fourth-order valence-corrected chi connectivity index (χ4v) is 3.84. The first kappa shape index (κ1) is 16.5. The number of nitrogens with two attached hydrogens (primary N) is 1. The number of fused-ring (bicyclic) bond motifs is 2. The molecule has 0 aliphatic rings. The summed E-state index contributed by atoms with van der Waals surface area (Å²) in [6.07, 6.45) is 5.69. The van der Waals surface area contributed by atoms with Crippen molar-refractivity contribution in [1.82, 2.24) is 29.3 Å². The van der Waals surface area contributed by atoms with Crippen molar-refractivity contribution < 1.29 is 4.79 Å². The topological polar surface area (TPSA) is 103 Å². The third-order valence-electron chi connectivity index (χ3n) is 4.35. The van der Waals surface area contributed by atoms with Gasteiger partial charge in [-0.3, -0.25) is 4.79 Å². The molecule has 8 nitrogen and oxygen atoms in total. The lowest BCUT2D eigenvalue weighted by atomic mass is 10.1. The molecule has 0 bridgehead atoms. The van der Waals surface area contributed by atoms with E-state index in [1.54, 1.807) is 4.52 Å². The molecule has 0 radical (unpaired) electrons. The van der Waals surface area contributed by atoms with Crippen molar-refractivity contribution in [3.05, 3.63) is 70.9 Å². The van der Waals surface area contributed by atoms with Gasteiger partial charge in [0.15, 0.2) is 5.65 Å². The molecule has 5 rings (SSSR count). The zero-order valence-corrected chi connectivity index (χ0v) is 15.4. The van der Waals surface area contributed by atoms with E-state index >= 15 is 0 Å². The Morgan fingerprint density at radius 1 is 1.11 bits per heavy atom. The van der Waals surface area contributed by atoms with Crippen LogP contribution in [-0.4, -0.2) is 29.9 Å². The summed E-state index contributed by atoms with van der Waals surface area (Å²) in [6.45, 7) is 0.373. The Bertz CT molecular complexity index is 1280. The zero-order chi connectivity index (χ0) is 19.1. The van der Waals surface area contributed by atoms with E-state index in [0.717, 1.165) is 22.5 Å². The van der Waals surface area contributed by atoms with E-state index in [2.05, 4.69) is 20.4 Å². The van der Waals surface area contributed by atoms with Crippen LogP contribution in [0.25, 0.3) is 22.4 Å². The summed E-state index contributed by atoms with van der Waals surface area (Å²) in [4.78, 5) is 21.7. The summed E-state index contributed by atoms with van der Waals surface area (Å²) in [5.74, 6) is 0.105. The molecule has 138 valence electrons. The molecule has 1 amide bonds. The molecule has 3 N–H and O–H groups in total. The van der Waals surface area contributed by atoms with Crippen molar-refractivity contribution in [2.45, 2.75) is 6.54 Å². The van der Waals surface area contributed by atoms with Gasteiger partial charge in [-0.05, 0) is 41.3 Å². The van der Waals surface area contributed by atoms with Gasteiger partial charge in [-0.2, -0.15) is 4.98 Å². The molecular formula is C19H15N7OS. The van der Waals surface area contributed by atoms with Gasteiger partial charge < -0.3 is 15.5 Å². The second kappa shape index (κ2) is 6.46. The molecular weight excluding hydrogens is 374 g/mol. The molecule has 0 spiro atoms. The number of nitrogen functional groups attached to an aromatic ring is 1. The normalized spacial score (nSPS) is 11.3. The minimum absolute atomic E-state index is 0.126. The highest BCUT2D eigenvalue weighted by atomic mass is 32.1. The number of carbonyl (C=O) groups is 1. The highest BCUT2D eigenvalue weighted by Crippen LogP contribution is 2.26. The number of rotatable bonds is 4. The third-order valence-corrected chi connectivity index (χ3v) is 5.28. The highest BCUT2D eigenvalue weighted by molar-refractivity contribution is 7.12. The monoisotopic (exact) mass is 389 g/mol. The highest BCUT2D eigenvalue weighted by Gasteiger charge is 2.12. The van der Waals surface area contributed by atoms with Gasteiger partial charge in [0.1, 0.15) is 5.65 Å². The van der Waals surface area contributed by atoms with E-state index in [9.17, 15) is 4.79 Å². The van der Waals surface area contributed by atoms with Crippen LogP contribution in [0.1, 0.15) is 15.4 Å². The van der Waals surface area contributed by atoms with Gasteiger partial charge in [-0.15, -0.1) is 16.4 Å². The molecule has 0 aliphatic heterocycles. The Morgan fingerprint density at radius 3 is 2.93 bits per heavy atom. The molecule has 5 aromatic rings. The fourth-order valence-electron chi connectivity index (χ4n) is 3.01. The minimum atomic E-state index is -0.126. The van der Waals surface area contributed by atoms with Crippen molar-refractivity contribution in [2.75, 3.05) is 5.73 Å². The number of pyridine rings is 2. The number of carbonyl (C=O) groups excluding carboxylic acids is 1. The quantitative estimate of drug-likeness (QED) is 0.492. The Labute approximate surface area is 163 Å². The number of thiophene rings is 1. The molecule has 0 unspecified atom stereocenters. The van der Waals surface area contributed by atoms with E-state index < -0.39 is 0 Å². The number of nitrogens with one attached hydrogen (secondary N) is 1. The Kier molecular flexibility index (Phi) is 3.80. The van der Waals surface area contributed by atoms with Crippen molar-refractivity contribution in [1.29, 1.82) is 0 Å². The SMILES string of the molecule is Nc1nc2ccc(-c3csc(C(=O)NCc4cn5ccccc5n4)c3)cn2n1. The van der Waals surface area contributed by atoms with Crippen LogP contribution in [0.5, 0.6) is 0 Å². The van der Waals surface area contributed by atoms with Gasteiger partial charge in [-0.1, -0.05) is 6.07 Å². The zero-order valence-electron chi connectivity index (χ0n) is 14.6. The maximum Gasteiger partial charge on any atom is 0.261 e. The van der Waals surface area contributed by atoms with Crippen molar-refractivity contribution >= 4 is 34.5 Å². The summed E-state index contributed by atoms with van der Waals surface area (Å²) in [7, 11) is 0. The van der Waals surface area contributed by atoms with Gasteiger partial charge >= 0.3 is 0 Å². The summed E-state index contributed by atoms with van der Waals surface area (Å²) in [5, 5.41) is 8.99. The van der Waals surface area contributed by atoms with Gasteiger partial charge in [0, 0.05) is 24.2 Å². The van der Waals surface area contributed by atoms with Crippen molar-refractivity contribution in [3.63, 3.8) is 0 Å². The maximum absolute atomic E-state index is 12.5. The van der Waals surface area contributed by atoms with Crippen LogP contribution >= 0.6 is 11.3 Å². The van der Waals surface area contributed by atoms with E-state index in [0.29, 0.717) is 17.1 Å². The number of imidazole rings is 1. The summed E-state index contributed by atoms with van der Waals surface area (Å²) in [6, 6.07) is 11.4. The summed E-state index contributed by atoms with van der Waals surface area (Å²) < 4.78 is 3.56. The summed E-state index contributed by atoms with van der Waals surface area (Å²) >= 11 is 1.40. The number of aromatic nitrogens is 5. The molecule has 0 aromatic carbocycles. The van der Waals surface area contributed by atoms with Crippen molar-refractivity contribution in [3.8, 4) is 11.1 Å². The minimum Gasteiger partial charge on any atom is -0.366 e. The number of hydrogen-bond donors (Lipinski definition) is 2. The van der Waals surface area contributed by atoms with Crippen LogP contribution in [0.2, 0.25) is 0 Å². The van der Waals surface area contributed by atoms with Crippen LogP contribution in [0.3, 0.4) is 0 Å². The second-order valence-corrected chi connectivity index (χ2v) is 7.18. The van der Waals surface area contributed by atoms with Crippen LogP contribution in [0.4, 0.5) is 5.95 Å². The first-order valence-electron chi connectivity index (χ1n) is 8.57. The molecule has 5 heterocycles. The molecule has 0 atom stereocenters. The van der Waals surface area contributed by atoms with Crippen LogP contribution < -0.4 is 11.1 Å². The molecule has 0 fully saturated rings. The smallest absolute Gasteiger partial charge is 0.261 e. The van der Waals surface area contributed by atoms with Gasteiger partial charge in [0.2, 0.25) is 5.95 Å². The van der Waals surface area contributed by atoms with E-state index in [-0.39, 0.29) is 11.9 Å². The molecule has 5 aromatic heterocycles. The lowest BCUT2D eigenvalue weighted by molar-refractivity contribution is 0.0954. The lowest BCUT2D eigenvalue weighted by Gasteiger charge is -2.00. The predicted molar refractivity (Wildman–Crippen MR) is 107 cm³/mol. The molecule has 0 saturated carbocycles. The fraction of sp³-hybridized carbons (Fsp3) is 0.0526. The maximum atomic E-state index is 12.5. The number of nitrogens with zero attached hydrogens (tertiary/aromatic N) is 5. The molecule has 0 saturated heterocycles.